The average Bonchev–Trinajstić information content (AvgIpc) is 2.47. The largest absolute Gasteiger partial charge is 0.699 e. The van der Waals surface area contributed by atoms with Crippen LogP contribution in [0.4, 0.5) is 11.4 Å². The third-order valence-electron chi connectivity index (χ3n) is 2.33. The van der Waals surface area contributed by atoms with Crippen molar-refractivity contribution < 1.29 is 42.4 Å². The van der Waals surface area contributed by atoms with E-state index in [0.717, 1.165) is 0 Å². The number of halogens is 2. The molecular formula is C12H14Cl2N2O6PtS2+2. The van der Waals surface area contributed by atoms with Crippen molar-refractivity contribution in [2.24, 2.45) is 0 Å². The molecule has 0 aromatic heterocycles. The standard InChI is InChI=1S/2C6H6NO3S.2ClH.Pt/c2*7-5-1-3-6(4-2-5)11(8,9)10;;;/h2*1-4,7H,(H,8,9,10);2*1H;/q2*-1;;;+4. The van der Waals surface area contributed by atoms with Gasteiger partial charge in [-0.15, -0.1) is 28.2 Å². The number of hydrogen-bond donors (Lipinski definition) is 0. The van der Waals surface area contributed by atoms with Gasteiger partial charge in [-0.2, -0.15) is 0 Å². The summed E-state index contributed by atoms with van der Waals surface area (Å²) >= 11 is -0.472. The maximum atomic E-state index is 10.5. The molecule has 6 N–H and O–H groups in total. The van der Waals surface area contributed by atoms with Gasteiger partial charge in [0.1, 0.15) is 9.79 Å². The van der Waals surface area contributed by atoms with E-state index in [2.05, 4.69) is 0 Å². The minimum atomic E-state index is -3.85. The normalized spacial score (nSPS) is 10.9. The first kappa shape index (κ1) is 24.1. The first-order valence-corrected chi connectivity index (χ1v) is 14.5. The smallest absolute Gasteiger partial charge is 0.409 e. The van der Waals surface area contributed by atoms with Crippen LogP contribution in [-0.4, -0.2) is 25.9 Å². The first-order valence-electron chi connectivity index (χ1n) is 5.86. The van der Waals surface area contributed by atoms with Crippen molar-refractivity contribution in [3.8, 4) is 0 Å². The number of rotatable bonds is 2. The topological polar surface area (TPSA) is 162 Å². The molecule has 2 rings (SSSR count). The number of benzene rings is 2. The van der Waals surface area contributed by atoms with Crippen LogP contribution in [0.5, 0.6) is 0 Å². The first-order chi connectivity index (χ1) is 11.4. The van der Waals surface area contributed by atoms with Gasteiger partial charge in [0.2, 0.25) is 0 Å². The van der Waals surface area contributed by atoms with Gasteiger partial charge in [0, 0.05) is 0 Å². The molecule has 0 unspecified atom stereocenters. The molecule has 0 aliphatic heterocycles. The Hall–Kier alpha value is -0.872. The van der Waals surface area contributed by atoms with Crippen molar-refractivity contribution in [3.05, 3.63) is 60.0 Å². The zero-order valence-electron chi connectivity index (χ0n) is 12.1. The third-order valence-corrected chi connectivity index (χ3v) is 4.11. The molecule has 0 saturated carbocycles. The summed E-state index contributed by atoms with van der Waals surface area (Å²) in [5, 5.41) is 0. The summed E-state index contributed by atoms with van der Waals surface area (Å²) in [7, 11) is 2.04. The summed E-state index contributed by atoms with van der Waals surface area (Å²) in [4.78, 5) is -0.151. The summed E-state index contributed by atoms with van der Waals surface area (Å²) in [5.41, 5.74) is 14.5. The second-order valence-electron chi connectivity index (χ2n) is 4.10. The molecule has 142 valence electrons. The van der Waals surface area contributed by atoms with E-state index in [1.165, 1.54) is 48.5 Å². The third kappa shape index (κ3) is 10.7. The van der Waals surface area contributed by atoms with Gasteiger partial charge >= 0.3 is 55.6 Å². The van der Waals surface area contributed by atoms with Crippen LogP contribution in [0.3, 0.4) is 0 Å². The van der Waals surface area contributed by atoms with Crippen molar-refractivity contribution in [2.75, 3.05) is 0 Å². The number of nitrogens with one attached hydrogen (secondary N) is 2. The molecule has 0 amide bonds. The minimum absolute atomic E-state index is 0.0755. The van der Waals surface area contributed by atoms with E-state index in [4.69, 9.17) is 39.4 Å². The Morgan fingerprint density at radius 1 is 0.680 bits per heavy atom. The molecule has 0 radical (unpaired) electrons. The van der Waals surface area contributed by atoms with Crippen LogP contribution in [-0.2, 0) is 36.7 Å². The van der Waals surface area contributed by atoms with Crippen molar-refractivity contribution in [3.63, 3.8) is 0 Å². The quantitative estimate of drug-likeness (QED) is 0.477. The van der Waals surface area contributed by atoms with E-state index >= 15 is 0 Å². The Labute approximate surface area is 162 Å². The number of hydrogen-bond acceptors (Lipinski definition) is 4. The minimum Gasteiger partial charge on any atom is -0.699 e. The fourth-order valence-electron chi connectivity index (χ4n) is 1.27. The summed E-state index contributed by atoms with van der Waals surface area (Å²) < 4.78 is 55.5. The molecule has 0 bridgehead atoms. The molecule has 0 saturated heterocycles. The molecule has 0 spiro atoms. The Balaban J connectivity index is 0.000000399. The van der Waals surface area contributed by atoms with E-state index < -0.39 is 36.7 Å². The molecule has 0 heterocycles. The van der Waals surface area contributed by atoms with Crippen LogP contribution >= 0.6 is 18.8 Å². The van der Waals surface area contributed by atoms with E-state index in [1.54, 1.807) is 0 Å². The Bertz CT molecular complexity index is 786. The molecule has 2 aromatic carbocycles. The fourth-order valence-corrected chi connectivity index (χ4v) is 2.26. The van der Waals surface area contributed by atoms with Gasteiger partial charge in [-0.05, 0) is 24.3 Å². The Morgan fingerprint density at radius 2 is 0.880 bits per heavy atom. The van der Waals surface area contributed by atoms with Crippen LogP contribution in [0.1, 0.15) is 0 Å². The predicted molar refractivity (Wildman–Crippen MR) is 94.2 cm³/mol. The van der Waals surface area contributed by atoms with Crippen molar-refractivity contribution in [1.82, 2.24) is 0 Å². The second kappa shape index (κ2) is 11.0. The summed E-state index contributed by atoms with van der Waals surface area (Å²) in [6.45, 7) is 0. The van der Waals surface area contributed by atoms with E-state index in [-0.39, 0.29) is 21.2 Å². The van der Waals surface area contributed by atoms with Crippen LogP contribution in [0.15, 0.2) is 58.3 Å². The van der Waals surface area contributed by atoms with Gasteiger partial charge in [-0.3, -0.25) is 0 Å². The molecule has 13 heteroatoms. The molecule has 2 aromatic rings. The van der Waals surface area contributed by atoms with Gasteiger partial charge in [0.05, 0.1) is 0 Å². The Morgan fingerprint density at radius 3 is 1.04 bits per heavy atom. The van der Waals surface area contributed by atoms with Crippen molar-refractivity contribution in [2.45, 2.75) is 9.79 Å². The van der Waals surface area contributed by atoms with Gasteiger partial charge in [0.15, 0.2) is 0 Å². The molecule has 0 aliphatic rings. The van der Waals surface area contributed by atoms with Gasteiger partial charge < -0.3 is 20.6 Å². The monoisotopic (exact) mass is 611 g/mol. The van der Waals surface area contributed by atoms with E-state index in [9.17, 15) is 16.8 Å². The van der Waals surface area contributed by atoms with Gasteiger partial charge in [-0.1, -0.05) is 24.3 Å². The SMILES string of the molecule is [Cl][Pt+2][Cl].[NH-]c1ccc(S(=O)(=O)[OH2+])cc1.[NH-]c1ccc(S(=O)(=O)[OH2+])cc1. The van der Waals surface area contributed by atoms with Crippen molar-refractivity contribution >= 4 is 50.4 Å². The molecule has 0 aliphatic carbocycles. The average molecular weight is 612 g/mol. The van der Waals surface area contributed by atoms with Crippen molar-refractivity contribution in [1.29, 1.82) is 0 Å². The zero-order valence-corrected chi connectivity index (χ0v) is 17.6. The van der Waals surface area contributed by atoms with E-state index in [0.29, 0.717) is 0 Å². The van der Waals surface area contributed by atoms with Gasteiger partial charge in [-0.25, -0.2) is 0 Å². The maximum absolute atomic E-state index is 10.5. The summed E-state index contributed by atoms with van der Waals surface area (Å²) in [5.74, 6) is 0. The Kier molecular flexibility index (Phi) is 10.6. The van der Waals surface area contributed by atoms with Crippen LogP contribution in [0.2, 0.25) is 0 Å². The molecule has 25 heavy (non-hydrogen) atoms. The molecule has 8 nitrogen and oxygen atoms in total. The molecule has 0 fully saturated rings. The maximum Gasteiger partial charge on any atom is 0.409 e. The summed E-state index contributed by atoms with van der Waals surface area (Å²) in [6.07, 6.45) is 0. The summed E-state index contributed by atoms with van der Waals surface area (Å²) in [6, 6.07) is 10.3. The zero-order chi connectivity index (χ0) is 19.7. The van der Waals surface area contributed by atoms with Crippen LogP contribution in [0.25, 0.3) is 11.5 Å². The molecule has 0 atom stereocenters. The van der Waals surface area contributed by atoms with Crippen LogP contribution < -0.4 is 0 Å². The molecular weight excluding hydrogens is 598 g/mol. The second-order valence-corrected chi connectivity index (χ2v) is 10.3. The van der Waals surface area contributed by atoms with Gasteiger partial charge in [0.25, 0.3) is 0 Å². The van der Waals surface area contributed by atoms with E-state index in [1.807, 2.05) is 0 Å². The van der Waals surface area contributed by atoms with Crippen LogP contribution in [0, 0.1) is 0 Å². The predicted octanol–water partition coefficient (Wildman–Crippen LogP) is 2.94. The fraction of sp³-hybridized carbons (Fsp3) is 0.